The molecule has 0 bridgehead atoms. The highest BCUT2D eigenvalue weighted by molar-refractivity contribution is 7.47. The molecule has 0 radical (unpaired) electrons. The monoisotopic (exact) mass is 1300 g/mol. The van der Waals surface area contributed by atoms with Crippen molar-refractivity contribution in [2.75, 3.05) is 26.4 Å². The first-order valence-electron chi connectivity index (χ1n) is 36.9. The van der Waals surface area contributed by atoms with Crippen molar-refractivity contribution < 1.29 is 37.6 Å². The number of esters is 2. The van der Waals surface area contributed by atoms with E-state index in [2.05, 4.69) is 208 Å². The number of rotatable bonds is 67. The Balaban J connectivity index is 4.00. The number of phosphoric acid groups is 1. The van der Waals surface area contributed by atoms with E-state index in [9.17, 15) is 19.0 Å². The predicted molar refractivity (Wildman–Crippen MR) is 403 cm³/mol. The number of unbranched alkanes of at least 4 members (excludes halogenated alkanes) is 22. The molecule has 2 unspecified atom stereocenters. The van der Waals surface area contributed by atoms with Gasteiger partial charge in [0, 0.05) is 19.4 Å². The van der Waals surface area contributed by atoms with Crippen molar-refractivity contribution in [2.24, 2.45) is 5.73 Å². The zero-order valence-corrected chi connectivity index (χ0v) is 59.8. The lowest BCUT2D eigenvalue weighted by Gasteiger charge is -2.19. The maximum atomic E-state index is 12.8. The average molecular weight is 1300 g/mol. The Morgan fingerprint density at radius 3 is 0.849 bits per heavy atom. The molecule has 0 aliphatic carbocycles. The van der Waals surface area contributed by atoms with Gasteiger partial charge in [0.15, 0.2) is 6.10 Å². The SMILES string of the molecule is CC/C=C\C/C=C\C/C=C\C/C=C\C/C=C\C/C=C\C/C=C\C/C=C\C/C=C\C/C=C\C/C=C\C/C=C\CCCCC(=O)OC(COC(=O)CCCCCCCCCCCCCCCCCCCCCC/C=C\C/C=C\C/C=C\C/C=C\CC)COP(=O)(O)OCCN. The van der Waals surface area contributed by atoms with Gasteiger partial charge in [-0.25, -0.2) is 4.57 Å². The van der Waals surface area contributed by atoms with Crippen LogP contribution in [-0.4, -0.2) is 49.3 Å². The summed E-state index contributed by atoms with van der Waals surface area (Å²) in [5, 5.41) is 0. The molecule has 0 aromatic heterocycles. The molecular weight excluding hydrogens is 1170 g/mol. The number of ether oxygens (including phenoxy) is 2. The zero-order chi connectivity index (χ0) is 67.2. The standard InChI is InChI=1S/C83H134NO8P/c1-3-5-7-9-11-13-15-17-19-21-23-25-27-29-31-33-35-37-38-39-40-41-42-44-46-48-50-52-54-56-58-60-62-64-66-68-70-72-74-76-83(86)92-81(80-91-93(87,88)90-78-77-84)79-89-82(85)75-73-71-69-67-65-63-61-59-57-55-53-51-49-47-45-43-36-34-32-30-28-26-24-22-20-18-16-14-12-10-8-6-4-2/h5-8,11-14,17-20,23-26,29,31,35,37,39-40,42,44,48,50,54,56,60,62,66,68,81H,3-4,9-10,15-16,21-22,27-28,30,32-34,36,38,41,43,45-47,49,51-53,55,57-59,61,63-65,67,69-80,84H2,1-2H3,(H,87,88)/b7-5-,8-6-,13-11-,14-12-,19-17-,20-18-,25-23-,26-24-,31-29-,37-35-,40-39-,44-42-,50-48-,56-54-,62-60-,68-66-. The first-order valence-corrected chi connectivity index (χ1v) is 38.4. The Morgan fingerprint density at radius 1 is 0.323 bits per heavy atom. The Morgan fingerprint density at radius 2 is 0.559 bits per heavy atom. The van der Waals surface area contributed by atoms with E-state index in [0.717, 1.165) is 135 Å². The molecule has 0 fully saturated rings. The van der Waals surface area contributed by atoms with Crippen LogP contribution < -0.4 is 5.73 Å². The third-order valence-corrected chi connectivity index (χ3v) is 16.0. The van der Waals surface area contributed by atoms with Gasteiger partial charge in [-0.15, -0.1) is 0 Å². The van der Waals surface area contributed by atoms with Crippen LogP contribution in [0.1, 0.15) is 284 Å². The summed E-state index contributed by atoms with van der Waals surface area (Å²) >= 11 is 0. The van der Waals surface area contributed by atoms with Gasteiger partial charge >= 0.3 is 19.8 Å². The molecule has 0 aromatic rings. The summed E-state index contributed by atoms with van der Waals surface area (Å²) in [6, 6.07) is 0. The van der Waals surface area contributed by atoms with Crippen LogP contribution in [0.3, 0.4) is 0 Å². The fraction of sp³-hybridized carbons (Fsp3) is 0.590. The minimum atomic E-state index is -4.42. The fourth-order valence-electron chi connectivity index (χ4n) is 9.61. The molecule has 9 nitrogen and oxygen atoms in total. The van der Waals surface area contributed by atoms with E-state index < -0.39 is 32.5 Å². The highest BCUT2D eigenvalue weighted by atomic mass is 31.2. The van der Waals surface area contributed by atoms with Crippen molar-refractivity contribution in [2.45, 2.75) is 290 Å². The van der Waals surface area contributed by atoms with Crippen LogP contribution in [0.4, 0.5) is 0 Å². The summed E-state index contributed by atoms with van der Waals surface area (Å²) in [7, 11) is -4.42. The Labute approximate surface area is 570 Å². The molecule has 0 aliphatic heterocycles. The van der Waals surface area contributed by atoms with Gasteiger partial charge in [-0.2, -0.15) is 0 Å². The van der Waals surface area contributed by atoms with Crippen molar-refractivity contribution in [3.05, 3.63) is 194 Å². The lowest BCUT2D eigenvalue weighted by atomic mass is 10.0. The van der Waals surface area contributed by atoms with E-state index >= 15 is 0 Å². The van der Waals surface area contributed by atoms with Gasteiger partial charge in [-0.05, 0) is 141 Å². The quantitative estimate of drug-likeness (QED) is 0.0264. The van der Waals surface area contributed by atoms with Gasteiger partial charge in [0.25, 0.3) is 0 Å². The molecule has 524 valence electrons. The molecule has 93 heavy (non-hydrogen) atoms. The minimum absolute atomic E-state index is 0.0374. The summed E-state index contributed by atoms with van der Waals surface area (Å²) in [4.78, 5) is 35.4. The Bertz CT molecular complexity index is 2230. The molecule has 0 spiro atoms. The lowest BCUT2D eigenvalue weighted by molar-refractivity contribution is -0.161. The third kappa shape index (κ3) is 75.8. The number of nitrogens with two attached hydrogens (primary N) is 1. The predicted octanol–water partition coefficient (Wildman–Crippen LogP) is 24.9. The van der Waals surface area contributed by atoms with Crippen molar-refractivity contribution in [1.82, 2.24) is 0 Å². The van der Waals surface area contributed by atoms with E-state index in [4.69, 9.17) is 24.3 Å². The van der Waals surface area contributed by atoms with Crippen molar-refractivity contribution in [3.8, 4) is 0 Å². The normalized spacial score (nSPS) is 14.1. The zero-order valence-electron chi connectivity index (χ0n) is 58.9. The molecule has 2 atom stereocenters. The molecular formula is C83H134NO8P. The van der Waals surface area contributed by atoms with E-state index in [-0.39, 0.29) is 32.6 Å². The maximum Gasteiger partial charge on any atom is 0.472 e. The van der Waals surface area contributed by atoms with Gasteiger partial charge in [-0.1, -0.05) is 324 Å². The maximum absolute atomic E-state index is 12.8. The van der Waals surface area contributed by atoms with Gasteiger partial charge in [0.1, 0.15) is 6.61 Å². The molecule has 10 heteroatoms. The molecule has 0 rings (SSSR count). The van der Waals surface area contributed by atoms with Gasteiger partial charge in [0.05, 0.1) is 13.2 Å². The van der Waals surface area contributed by atoms with Gasteiger partial charge < -0.3 is 20.1 Å². The second-order valence-electron chi connectivity index (χ2n) is 23.7. The van der Waals surface area contributed by atoms with E-state index in [1.54, 1.807) is 0 Å². The average Bonchev–Trinajstić information content (AvgIpc) is 3.60. The molecule has 0 heterocycles. The van der Waals surface area contributed by atoms with Crippen LogP contribution in [0.5, 0.6) is 0 Å². The minimum Gasteiger partial charge on any atom is -0.462 e. The number of phosphoric ester groups is 1. The highest BCUT2D eigenvalue weighted by Gasteiger charge is 2.26. The topological polar surface area (TPSA) is 134 Å². The number of hydrogen-bond acceptors (Lipinski definition) is 8. The van der Waals surface area contributed by atoms with E-state index in [1.165, 1.54) is 116 Å². The summed E-state index contributed by atoms with van der Waals surface area (Å²) < 4.78 is 33.1. The largest absolute Gasteiger partial charge is 0.472 e. The Kier molecular flexibility index (Phi) is 71.7. The van der Waals surface area contributed by atoms with Crippen LogP contribution in [0, 0.1) is 0 Å². The van der Waals surface area contributed by atoms with E-state index in [1.807, 2.05) is 0 Å². The van der Waals surface area contributed by atoms with Crippen LogP contribution in [0.25, 0.3) is 0 Å². The van der Waals surface area contributed by atoms with E-state index in [0.29, 0.717) is 6.42 Å². The summed E-state index contributed by atoms with van der Waals surface area (Å²) in [5.74, 6) is -0.885. The first-order chi connectivity index (χ1) is 45.8. The van der Waals surface area contributed by atoms with Gasteiger partial charge in [0.2, 0.25) is 0 Å². The molecule has 0 aromatic carbocycles. The first kappa shape index (κ1) is 87.9. The molecule has 0 saturated carbocycles. The van der Waals surface area contributed by atoms with Crippen LogP contribution >= 0.6 is 7.82 Å². The highest BCUT2D eigenvalue weighted by Crippen LogP contribution is 2.43. The van der Waals surface area contributed by atoms with Crippen molar-refractivity contribution in [3.63, 3.8) is 0 Å². The summed E-state index contributed by atoms with van der Waals surface area (Å²) in [5.41, 5.74) is 5.40. The smallest absolute Gasteiger partial charge is 0.462 e. The number of hydrogen-bond donors (Lipinski definition) is 2. The van der Waals surface area contributed by atoms with Crippen LogP contribution in [0.2, 0.25) is 0 Å². The molecule has 0 saturated heterocycles. The lowest BCUT2D eigenvalue weighted by Crippen LogP contribution is -2.29. The second kappa shape index (κ2) is 75.9. The third-order valence-electron chi connectivity index (χ3n) is 15.0. The number of carbonyl (C=O) groups is 2. The second-order valence-corrected chi connectivity index (χ2v) is 25.1. The van der Waals surface area contributed by atoms with Crippen LogP contribution in [-0.2, 0) is 32.7 Å². The van der Waals surface area contributed by atoms with Crippen molar-refractivity contribution >= 4 is 19.8 Å². The Hall–Kier alpha value is -5.15. The summed E-state index contributed by atoms with van der Waals surface area (Å²) in [6.45, 7) is 3.47. The molecule has 0 amide bonds. The number of allylic oxidation sites excluding steroid dienone is 32. The number of carbonyl (C=O) groups excluding carboxylic acids is 2. The summed E-state index contributed by atoms with van der Waals surface area (Å²) in [6.07, 6.45) is 115. The van der Waals surface area contributed by atoms with Crippen molar-refractivity contribution in [1.29, 1.82) is 0 Å². The van der Waals surface area contributed by atoms with Crippen LogP contribution in [0.15, 0.2) is 194 Å². The fourth-order valence-corrected chi connectivity index (χ4v) is 10.4. The van der Waals surface area contributed by atoms with Gasteiger partial charge in [-0.3, -0.25) is 18.6 Å². The molecule has 0 aliphatic rings. The molecule has 3 N–H and O–H groups in total.